The van der Waals surface area contributed by atoms with E-state index in [9.17, 15) is 13.2 Å². The molecule has 1 aliphatic heterocycles. The fourth-order valence-electron chi connectivity index (χ4n) is 2.24. The Hall–Kier alpha value is -1.52. The van der Waals surface area contributed by atoms with Gasteiger partial charge in [0.25, 0.3) is 10.2 Å². The molecule has 2 rings (SSSR count). The Kier molecular flexibility index (Phi) is 5.26. The zero-order valence-electron chi connectivity index (χ0n) is 11.5. The molecule has 0 radical (unpaired) electrons. The Bertz CT molecular complexity index is 551. The first kappa shape index (κ1) is 15.9. The first-order valence-electron chi connectivity index (χ1n) is 6.81. The molecule has 1 fully saturated rings. The van der Waals surface area contributed by atoms with Crippen LogP contribution < -0.4 is 4.72 Å². The molecule has 9 nitrogen and oxygen atoms in total. The highest BCUT2D eigenvalue weighted by Crippen LogP contribution is 2.19. The van der Waals surface area contributed by atoms with Crippen LogP contribution in [0.3, 0.4) is 0 Å². The van der Waals surface area contributed by atoms with Crippen molar-refractivity contribution in [1.82, 2.24) is 24.2 Å². The first-order chi connectivity index (χ1) is 9.99. The van der Waals surface area contributed by atoms with Crippen molar-refractivity contribution in [3.8, 4) is 0 Å². The molecule has 0 unspecified atom stereocenters. The molecule has 0 aliphatic carbocycles. The summed E-state index contributed by atoms with van der Waals surface area (Å²) in [6.45, 7) is 0.796. The molecule has 0 aromatic carbocycles. The molecule has 0 atom stereocenters. The fourth-order valence-corrected chi connectivity index (χ4v) is 3.52. The van der Waals surface area contributed by atoms with E-state index in [0.717, 1.165) is 5.82 Å². The van der Waals surface area contributed by atoms with Crippen LogP contribution in [0.4, 0.5) is 0 Å². The Balaban J connectivity index is 1.73. The van der Waals surface area contributed by atoms with Gasteiger partial charge in [-0.2, -0.15) is 17.8 Å². The van der Waals surface area contributed by atoms with Crippen molar-refractivity contribution in [2.75, 3.05) is 19.6 Å². The number of carbonyl (C=O) groups is 1. The number of aromatic amines is 1. The quantitative estimate of drug-likeness (QED) is 0.574. The van der Waals surface area contributed by atoms with Crippen molar-refractivity contribution >= 4 is 16.2 Å². The number of nitrogens with zero attached hydrogens (tertiary/aromatic N) is 3. The minimum Gasteiger partial charge on any atom is -0.481 e. The summed E-state index contributed by atoms with van der Waals surface area (Å²) in [5.41, 5.74) is 0. The van der Waals surface area contributed by atoms with Gasteiger partial charge in [-0.1, -0.05) is 0 Å². The van der Waals surface area contributed by atoms with E-state index in [1.807, 2.05) is 0 Å². The van der Waals surface area contributed by atoms with E-state index in [4.69, 9.17) is 5.11 Å². The lowest BCUT2D eigenvalue weighted by Gasteiger charge is -2.29. The predicted octanol–water partition coefficient (Wildman–Crippen LogP) is -0.632. The number of aromatic nitrogens is 3. The van der Waals surface area contributed by atoms with Crippen molar-refractivity contribution in [2.45, 2.75) is 25.7 Å². The zero-order valence-corrected chi connectivity index (χ0v) is 12.3. The molecule has 1 aromatic heterocycles. The third-order valence-electron chi connectivity index (χ3n) is 3.48. The predicted molar refractivity (Wildman–Crippen MR) is 73.6 cm³/mol. The molecule has 10 heteroatoms. The maximum atomic E-state index is 12.1. The lowest BCUT2D eigenvalue weighted by Crippen LogP contribution is -2.46. The highest BCUT2D eigenvalue weighted by Gasteiger charge is 2.30. The number of aliphatic carboxylic acids is 1. The number of H-pyrrole nitrogens is 1. The van der Waals surface area contributed by atoms with E-state index in [1.54, 1.807) is 0 Å². The van der Waals surface area contributed by atoms with Gasteiger partial charge in [0.1, 0.15) is 12.2 Å². The van der Waals surface area contributed by atoms with Crippen LogP contribution in [0.1, 0.15) is 25.1 Å². The normalized spacial score (nSPS) is 17.9. The lowest BCUT2D eigenvalue weighted by molar-refractivity contribution is -0.142. The average Bonchev–Trinajstić information content (AvgIpc) is 2.97. The molecule has 21 heavy (non-hydrogen) atoms. The van der Waals surface area contributed by atoms with E-state index in [1.165, 1.54) is 10.6 Å². The van der Waals surface area contributed by atoms with Gasteiger partial charge in [-0.05, 0) is 19.3 Å². The highest BCUT2D eigenvalue weighted by molar-refractivity contribution is 7.87. The van der Waals surface area contributed by atoms with Crippen LogP contribution in [-0.2, 0) is 21.4 Å². The highest BCUT2D eigenvalue weighted by atomic mass is 32.2. The van der Waals surface area contributed by atoms with Gasteiger partial charge in [0.2, 0.25) is 0 Å². The monoisotopic (exact) mass is 317 g/mol. The third-order valence-corrected chi connectivity index (χ3v) is 5.10. The summed E-state index contributed by atoms with van der Waals surface area (Å²) in [7, 11) is -3.53. The number of carboxylic acids is 1. The molecule has 3 N–H and O–H groups in total. The van der Waals surface area contributed by atoms with Gasteiger partial charge < -0.3 is 5.11 Å². The van der Waals surface area contributed by atoms with Gasteiger partial charge in [-0.15, -0.1) is 0 Å². The van der Waals surface area contributed by atoms with Gasteiger partial charge in [-0.25, -0.2) is 9.71 Å². The molecule has 1 aromatic rings. The maximum absolute atomic E-state index is 12.1. The van der Waals surface area contributed by atoms with Crippen LogP contribution in [0.2, 0.25) is 0 Å². The number of hydrogen-bond acceptors (Lipinski definition) is 5. The minimum absolute atomic E-state index is 0.244. The summed E-state index contributed by atoms with van der Waals surface area (Å²) in [6.07, 6.45) is 3.35. The fraction of sp³-hybridized carbons (Fsp3) is 0.727. The van der Waals surface area contributed by atoms with Crippen LogP contribution in [0.5, 0.6) is 0 Å². The Labute approximate surface area is 122 Å². The smallest absolute Gasteiger partial charge is 0.306 e. The van der Waals surface area contributed by atoms with E-state index < -0.39 is 22.1 Å². The van der Waals surface area contributed by atoms with Crippen molar-refractivity contribution in [2.24, 2.45) is 5.92 Å². The Morgan fingerprint density at radius 3 is 2.76 bits per heavy atom. The molecule has 0 saturated carbocycles. The molecular weight excluding hydrogens is 298 g/mol. The standard InChI is InChI=1S/C11H19N5O4S/c17-11(18)9-3-6-16(7-4-9)21(19,20)14-5-1-2-10-12-8-13-15-10/h8-9,14H,1-7H2,(H,17,18)(H,12,13,15). The SMILES string of the molecule is O=C(O)C1CCN(S(=O)(=O)NCCCc2ncn[nH]2)CC1. The molecule has 118 valence electrons. The summed E-state index contributed by atoms with van der Waals surface area (Å²) >= 11 is 0. The summed E-state index contributed by atoms with van der Waals surface area (Å²) in [5.74, 6) is -0.577. The van der Waals surface area contributed by atoms with Crippen LogP contribution in [0.15, 0.2) is 6.33 Å². The zero-order chi connectivity index (χ0) is 15.3. The Morgan fingerprint density at radius 2 is 2.19 bits per heavy atom. The van der Waals surface area contributed by atoms with Crippen molar-refractivity contribution < 1.29 is 18.3 Å². The van der Waals surface area contributed by atoms with Gasteiger partial charge in [0.05, 0.1) is 5.92 Å². The minimum atomic E-state index is -3.53. The number of hydrogen-bond donors (Lipinski definition) is 3. The van der Waals surface area contributed by atoms with Crippen LogP contribution in [-0.4, -0.2) is 58.6 Å². The van der Waals surface area contributed by atoms with Crippen LogP contribution in [0.25, 0.3) is 0 Å². The molecular formula is C11H19N5O4S. The average molecular weight is 317 g/mol. The molecule has 1 saturated heterocycles. The molecule has 1 aliphatic rings. The van der Waals surface area contributed by atoms with E-state index >= 15 is 0 Å². The van der Waals surface area contributed by atoms with Crippen molar-refractivity contribution in [1.29, 1.82) is 0 Å². The lowest BCUT2D eigenvalue weighted by atomic mass is 9.99. The number of nitrogens with one attached hydrogen (secondary N) is 2. The van der Waals surface area contributed by atoms with Crippen LogP contribution >= 0.6 is 0 Å². The number of carboxylic acid groups (broad SMARTS) is 1. The summed E-state index contributed by atoms with van der Waals surface area (Å²) < 4.78 is 27.9. The van der Waals surface area contributed by atoms with Gasteiger partial charge in [-0.3, -0.25) is 9.89 Å². The summed E-state index contributed by atoms with van der Waals surface area (Å²) in [6, 6.07) is 0. The largest absolute Gasteiger partial charge is 0.481 e. The Morgan fingerprint density at radius 1 is 1.48 bits per heavy atom. The second kappa shape index (κ2) is 6.96. The van der Waals surface area contributed by atoms with Gasteiger partial charge >= 0.3 is 5.97 Å². The van der Waals surface area contributed by atoms with Crippen molar-refractivity contribution in [3.63, 3.8) is 0 Å². The maximum Gasteiger partial charge on any atom is 0.306 e. The number of rotatable bonds is 7. The molecule has 0 spiro atoms. The van der Waals surface area contributed by atoms with Gasteiger partial charge in [0.15, 0.2) is 0 Å². The third kappa shape index (κ3) is 4.48. The van der Waals surface area contributed by atoms with Gasteiger partial charge in [0, 0.05) is 26.1 Å². The number of aryl methyl sites for hydroxylation is 1. The van der Waals surface area contributed by atoms with E-state index in [0.29, 0.717) is 32.2 Å². The molecule has 0 amide bonds. The van der Waals surface area contributed by atoms with Crippen molar-refractivity contribution in [3.05, 3.63) is 12.2 Å². The van der Waals surface area contributed by atoms with E-state index in [2.05, 4.69) is 19.9 Å². The summed E-state index contributed by atoms with van der Waals surface area (Å²) in [5, 5.41) is 15.3. The second-order valence-corrected chi connectivity index (χ2v) is 6.70. The molecule has 2 heterocycles. The van der Waals surface area contributed by atoms with Crippen LogP contribution in [0, 0.1) is 5.92 Å². The molecule has 0 bridgehead atoms. The second-order valence-electron chi connectivity index (χ2n) is 4.95. The summed E-state index contributed by atoms with van der Waals surface area (Å²) in [4.78, 5) is 14.8. The first-order valence-corrected chi connectivity index (χ1v) is 8.25. The topological polar surface area (TPSA) is 128 Å². The number of piperidine rings is 1. The van der Waals surface area contributed by atoms with E-state index in [-0.39, 0.29) is 13.1 Å².